The van der Waals surface area contributed by atoms with Crippen molar-refractivity contribution in [1.82, 2.24) is 21.1 Å². The number of anilines is 1. The molecule has 1 heterocycles. The van der Waals surface area contributed by atoms with E-state index in [4.69, 9.17) is 11.2 Å². The van der Waals surface area contributed by atoms with Crippen LogP contribution in [0.1, 0.15) is 43.4 Å². The van der Waals surface area contributed by atoms with Gasteiger partial charge in [0.25, 0.3) is 0 Å². The van der Waals surface area contributed by atoms with Crippen LogP contribution in [0.4, 0.5) is 10.5 Å². The molecule has 3 aromatic rings. The quantitative estimate of drug-likeness (QED) is 0.210. The van der Waals surface area contributed by atoms with Gasteiger partial charge >= 0.3 is 6.09 Å². The van der Waals surface area contributed by atoms with Crippen LogP contribution >= 0.6 is 0 Å². The Labute approximate surface area is 273 Å². The van der Waals surface area contributed by atoms with Gasteiger partial charge in [0.2, 0.25) is 17.7 Å². The summed E-state index contributed by atoms with van der Waals surface area (Å²) >= 11 is 0. The molecule has 4 amide bonds. The summed E-state index contributed by atoms with van der Waals surface area (Å²) in [6.45, 7) is 3.30. The Balaban J connectivity index is 1.25. The number of amidine groups is 2. The van der Waals surface area contributed by atoms with Crippen LogP contribution in [0.25, 0.3) is 0 Å². The highest BCUT2D eigenvalue weighted by Gasteiger charge is 2.27. The average Bonchev–Trinajstić information content (AvgIpc) is 3.09. The van der Waals surface area contributed by atoms with E-state index in [-0.39, 0.29) is 31.4 Å². The lowest BCUT2D eigenvalue weighted by molar-refractivity contribution is -0.130. The number of benzene rings is 3. The molecule has 1 aliphatic rings. The van der Waals surface area contributed by atoms with E-state index in [0.717, 1.165) is 11.1 Å². The van der Waals surface area contributed by atoms with Crippen LogP contribution in [0.2, 0.25) is 0 Å². The molecular weight excluding hydrogens is 598 g/mol. The number of hydrogen-bond donors (Lipinski definition) is 4. The van der Waals surface area contributed by atoms with Gasteiger partial charge in [-0.2, -0.15) is 5.01 Å². The van der Waals surface area contributed by atoms with E-state index in [1.807, 2.05) is 74.5 Å². The molecule has 4 rings (SSSR count). The highest BCUT2D eigenvalue weighted by molar-refractivity contribution is 6.06. The summed E-state index contributed by atoms with van der Waals surface area (Å²) in [7, 11) is 0. The SMILES string of the molecule is C#CCCC1=NN=C(c2ccccc2)NN1C(=O)OCc1ccc(NC(=O)CNC(=O)C(NC(=O)Cc2ccccc2)C(C)C)cc1. The van der Waals surface area contributed by atoms with Crippen molar-refractivity contribution in [3.63, 3.8) is 0 Å². The molecule has 12 nitrogen and oxygen atoms in total. The minimum Gasteiger partial charge on any atom is -0.443 e. The molecule has 0 fully saturated rings. The topological polar surface area (TPSA) is 154 Å². The number of terminal acetylenes is 1. The number of nitrogens with zero attached hydrogens (tertiary/aromatic N) is 3. The van der Waals surface area contributed by atoms with Gasteiger partial charge < -0.3 is 20.7 Å². The van der Waals surface area contributed by atoms with Crippen molar-refractivity contribution >= 4 is 41.2 Å². The van der Waals surface area contributed by atoms with E-state index in [2.05, 4.69) is 37.5 Å². The first-order valence-corrected chi connectivity index (χ1v) is 15.1. The third-order valence-electron chi connectivity index (χ3n) is 6.96. The number of carbonyl (C=O) groups is 4. The largest absolute Gasteiger partial charge is 0.443 e. The normalized spacial score (nSPS) is 12.9. The summed E-state index contributed by atoms with van der Waals surface area (Å²) in [5.41, 5.74) is 5.70. The van der Waals surface area contributed by atoms with Crippen molar-refractivity contribution in [3.8, 4) is 12.3 Å². The Kier molecular flexibility index (Phi) is 12.2. The molecule has 0 aliphatic carbocycles. The molecule has 0 spiro atoms. The van der Waals surface area contributed by atoms with Crippen molar-refractivity contribution in [2.24, 2.45) is 16.1 Å². The zero-order valence-electron chi connectivity index (χ0n) is 26.2. The lowest BCUT2D eigenvalue weighted by Crippen LogP contribution is -2.52. The molecule has 1 aliphatic heterocycles. The van der Waals surface area contributed by atoms with Gasteiger partial charge in [-0.15, -0.1) is 22.5 Å². The third kappa shape index (κ3) is 10.3. The summed E-state index contributed by atoms with van der Waals surface area (Å²) in [5, 5.41) is 17.6. The fraction of sp³-hybridized carbons (Fsp3) is 0.257. The second-order valence-corrected chi connectivity index (χ2v) is 11.0. The van der Waals surface area contributed by atoms with Crippen molar-refractivity contribution < 1.29 is 23.9 Å². The van der Waals surface area contributed by atoms with Crippen LogP contribution in [-0.4, -0.2) is 53.1 Å². The first-order valence-electron chi connectivity index (χ1n) is 15.1. The lowest BCUT2D eigenvalue weighted by Gasteiger charge is -2.27. The molecule has 0 saturated heterocycles. The molecule has 12 heteroatoms. The zero-order chi connectivity index (χ0) is 33.6. The highest BCUT2D eigenvalue weighted by Crippen LogP contribution is 2.14. The highest BCUT2D eigenvalue weighted by atomic mass is 16.6. The van der Waals surface area contributed by atoms with Gasteiger partial charge in [-0.05, 0) is 29.2 Å². The number of carbonyl (C=O) groups excluding carboxylic acids is 4. The predicted molar refractivity (Wildman–Crippen MR) is 179 cm³/mol. The molecule has 1 unspecified atom stereocenters. The molecule has 0 bridgehead atoms. The van der Waals surface area contributed by atoms with Gasteiger partial charge in [0.05, 0.1) is 13.0 Å². The van der Waals surface area contributed by atoms with Gasteiger partial charge in [0.1, 0.15) is 12.6 Å². The van der Waals surface area contributed by atoms with Gasteiger partial charge in [-0.25, -0.2) is 4.79 Å². The van der Waals surface area contributed by atoms with Crippen molar-refractivity contribution in [3.05, 3.63) is 102 Å². The van der Waals surface area contributed by atoms with Gasteiger partial charge in [0.15, 0.2) is 11.7 Å². The monoisotopic (exact) mass is 635 g/mol. The molecular formula is C35H37N7O5. The molecule has 0 saturated carbocycles. The van der Waals surface area contributed by atoms with Crippen molar-refractivity contribution in [2.75, 3.05) is 11.9 Å². The molecule has 1 atom stereocenters. The molecule has 242 valence electrons. The molecule has 4 N–H and O–H groups in total. The summed E-state index contributed by atoms with van der Waals surface area (Å²) in [6, 6.07) is 24.4. The van der Waals surface area contributed by atoms with Gasteiger partial charge in [-0.1, -0.05) is 86.6 Å². The second kappa shape index (κ2) is 16.9. The minimum atomic E-state index is -0.793. The fourth-order valence-corrected chi connectivity index (χ4v) is 4.48. The third-order valence-corrected chi connectivity index (χ3v) is 6.96. The maximum Gasteiger partial charge on any atom is 0.435 e. The van der Waals surface area contributed by atoms with Crippen LogP contribution in [0.5, 0.6) is 0 Å². The van der Waals surface area contributed by atoms with E-state index >= 15 is 0 Å². The van der Waals surface area contributed by atoms with E-state index < -0.39 is 23.9 Å². The molecule has 0 aromatic heterocycles. The first kappa shape index (κ1) is 33.9. The summed E-state index contributed by atoms with van der Waals surface area (Å²) in [4.78, 5) is 50.9. The first-order chi connectivity index (χ1) is 22.7. The maximum absolute atomic E-state index is 13.0. The Morgan fingerprint density at radius 3 is 2.23 bits per heavy atom. The Morgan fingerprint density at radius 2 is 1.57 bits per heavy atom. The number of ether oxygens (including phenoxy) is 1. The average molecular weight is 636 g/mol. The number of nitrogens with one attached hydrogen (secondary N) is 4. The van der Waals surface area contributed by atoms with Crippen LogP contribution in [0, 0.1) is 18.3 Å². The summed E-state index contributed by atoms with van der Waals surface area (Å²) < 4.78 is 5.52. The van der Waals surface area contributed by atoms with Crippen molar-refractivity contribution in [2.45, 2.75) is 45.8 Å². The van der Waals surface area contributed by atoms with Crippen LogP contribution < -0.4 is 21.4 Å². The Bertz CT molecular complexity index is 1650. The predicted octanol–water partition coefficient (Wildman–Crippen LogP) is 3.76. The zero-order valence-corrected chi connectivity index (χ0v) is 26.2. The van der Waals surface area contributed by atoms with E-state index in [0.29, 0.717) is 35.8 Å². The Morgan fingerprint density at radius 1 is 0.894 bits per heavy atom. The molecule has 3 aromatic carbocycles. The van der Waals surface area contributed by atoms with E-state index in [1.54, 1.807) is 24.3 Å². The smallest absolute Gasteiger partial charge is 0.435 e. The molecule has 47 heavy (non-hydrogen) atoms. The standard InChI is InChI=1S/C35H37N7O5/c1-4-5-16-29-39-40-33(27-14-10-7-11-15-27)41-42(29)35(46)47-23-26-17-19-28(20-18-26)37-31(44)22-36-34(45)32(24(2)3)38-30(43)21-25-12-8-6-9-13-25/h1,6-15,17-20,24,32H,5,16,21-23H2,2-3H3,(H,36,45)(H,37,44)(H,38,43)(H,40,41). The summed E-state index contributed by atoms with van der Waals surface area (Å²) in [6.07, 6.45) is 5.54. The summed E-state index contributed by atoms with van der Waals surface area (Å²) in [5.74, 6) is 1.87. The number of amides is 4. The number of hydrazine groups is 1. The number of hydrogen-bond acceptors (Lipinski definition) is 8. The van der Waals surface area contributed by atoms with Crippen LogP contribution in [-0.2, 0) is 32.1 Å². The minimum absolute atomic E-state index is 0.0475. The van der Waals surface area contributed by atoms with E-state index in [9.17, 15) is 19.2 Å². The maximum atomic E-state index is 13.0. The van der Waals surface area contributed by atoms with Gasteiger partial charge in [0, 0.05) is 24.1 Å². The van der Waals surface area contributed by atoms with Gasteiger partial charge in [-0.3, -0.25) is 19.8 Å². The van der Waals surface area contributed by atoms with Crippen LogP contribution in [0.15, 0.2) is 95.1 Å². The van der Waals surface area contributed by atoms with Crippen molar-refractivity contribution in [1.29, 1.82) is 0 Å². The van der Waals surface area contributed by atoms with E-state index in [1.165, 1.54) is 5.01 Å². The lowest BCUT2D eigenvalue weighted by atomic mass is 10.0. The van der Waals surface area contributed by atoms with Crippen LogP contribution in [0.3, 0.4) is 0 Å². The second-order valence-electron chi connectivity index (χ2n) is 11.0. The number of rotatable bonds is 13. The Hall–Kier alpha value is -5.96. The molecule has 0 radical (unpaired) electrons. The fourth-order valence-electron chi connectivity index (χ4n) is 4.48.